The number of cyclic esters (lactones) is 3. The monoisotopic (exact) mass is 449 g/mol. The first-order chi connectivity index (χ1) is 14.6. The third kappa shape index (κ3) is 8.45. The van der Waals surface area contributed by atoms with Gasteiger partial charge < -0.3 is 14.2 Å². The van der Waals surface area contributed by atoms with Gasteiger partial charge in [0.05, 0.1) is 17.1 Å². The summed E-state index contributed by atoms with van der Waals surface area (Å²) < 4.78 is 15.8. The van der Waals surface area contributed by atoms with Crippen LogP contribution in [0.5, 0.6) is 0 Å². The molecule has 0 bridgehead atoms. The highest BCUT2D eigenvalue weighted by Crippen LogP contribution is 2.20. The summed E-state index contributed by atoms with van der Waals surface area (Å²) in [5.41, 5.74) is 1.55. The van der Waals surface area contributed by atoms with Crippen molar-refractivity contribution in [2.75, 3.05) is 0 Å². The normalized spacial score (nSPS) is 26.1. The number of carbonyl (C=O) groups is 4. The summed E-state index contributed by atoms with van der Waals surface area (Å²) in [5, 5.41) is 2.83. The van der Waals surface area contributed by atoms with E-state index in [0.29, 0.717) is 12.8 Å². The molecular formula is C22H27NO7S. The van der Waals surface area contributed by atoms with Crippen LogP contribution in [0.2, 0.25) is 0 Å². The molecule has 1 aliphatic heterocycles. The Kier molecular flexibility index (Phi) is 9.11. The third-order valence-corrected chi connectivity index (χ3v) is 5.30. The van der Waals surface area contributed by atoms with Crippen molar-refractivity contribution >= 4 is 41.1 Å². The highest BCUT2D eigenvalue weighted by Gasteiger charge is 2.22. The van der Waals surface area contributed by atoms with E-state index in [1.807, 2.05) is 25.3 Å². The molecule has 168 valence electrons. The van der Waals surface area contributed by atoms with Crippen molar-refractivity contribution < 1.29 is 33.4 Å². The number of ether oxygens (including phenoxy) is 3. The van der Waals surface area contributed by atoms with Crippen LogP contribution in [0.25, 0.3) is 6.08 Å². The molecule has 2 rings (SSSR count). The van der Waals surface area contributed by atoms with E-state index in [0.717, 1.165) is 28.4 Å². The van der Waals surface area contributed by atoms with Crippen molar-refractivity contribution in [2.45, 2.75) is 71.7 Å². The molecule has 0 amide bonds. The number of aryl methyl sites for hydroxylation is 1. The number of thiazole rings is 1. The van der Waals surface area contributed by atoms with E-state index >= 15 is 0 Å². The first-order valence-electron chi connectivity index (χ1n) is 10.1. The van der Waals surface area contributed by atoms with Gasteiger partial charge >= 0.3 is 17.9 Å². The predicted molar refractivity (Wildman–Crippen MR) is 114 cm³/mol. The Morgan fingerprint density at radius 1 is 1.10 bits per heavy atom. The van der Waals surface area contributed by atoms with Crippen molar-refractivity contribution in [3.63, 3.8) is 0 Å². The van der Waals surface area contributed by atoms with Crippen molar-refractivity contribution in [3.8, 4) is 0 Å². The number of aromatic nitrogens is 1. The maximum absolute atomic E-state index is 12.4. The van der Waals surface area contributed by atoms with Crippen molar-refractivity contribution in [2.24, 2.45) is 0 Å². The van der Waals surface area contributed by atoms with E-state index in [9.17, 15) is 19.2 Å². The van der Waals surface area contributed by atoms with Crippen LogP contribution >= 0.6 is 11.3 Å². The summed E-state index contributed by atoms with van der Waals surface area (Å²) in [7, 11) is 0. The average Bonchev–Trinajstić information content (AvgIpc) is 3.08. The highest BCUT2D eigenvalue weighted by molar-refractivity contribution is 7.09. The number of carbonyl (C=O) groups excluding carboxylic acids is 4. The Morgan fingerprint density at radius 3 is 2.52 bits per heavy atom. The van der Waals surface area contributed by atoms with Crippen LogP contribution in [0.15, 0.2) is 23.1 Å². The number of rotatable bonds is 2. The fraction of sp³-hybridized carbons (Fsp3) is 0.500. The van der Waals surface area contributed by atoms with Crippen LogP contribution in [-0.4, -0.2) is 47.0 Å². The molecule has 0 aromatic carbocycles. The summed E-state index contributed by atoms with van der Waals surface area (Å²) in [5.74, 6) is -2.37. The molecule has 3 atom stereocenters. The minimum atomic E-state index is -1.01. The first kappa shape index (κ1) is 24.5. The third-order valence-electron chi connectivity index (χ3n) is 4.51. The van der Waals surface area contributed by atoms with E-state index in [1.165, 1.54) is 18.3 Å². The molecule has 0 unspecified atom stereocenters. The molecule has 0 fully saturated rings. The second-order valence-electron chi connectivity index (χ2n) is 7.37. The van der Waals surface area contributed by atoms with Crippen molar-refractivity contribution in [1.29, 1.82) is 0 Å². The van der Waals surface area contributed by atoms with Crippen LogP contribution in [0.3, 0.4) is 0 Å². The molecule has 8 nitrogen and oxygen atoms in total. The van der Waals surface area contributed by atoms with Gasteiger partial charge in [-0.25, -0.2) is 9.78 Å². The van der Waals surface area contributed by atoms with Gasteiger partial charge in [0, 0.05) is 17.9 Å². The average molecular weight is 450 g/mol. The Hall–Kier alpha value is -2.81. The van der Waals surface area contributed by atoms with Crippen LogP contribution in [0.4, 0.5) is 0 Å². The van der Waals surface area contributed by atoms with Crippen LogP contribution < -0.4 is 0 Å². The van der Waals surface area contributed by atoms with Gasteiger partial charge in [0.15, 0.2) is 11.9 Å². The minimum Gasteiger partial charge on any atom is -0.459 e. The zero-order valence-electron chi connectivity index (χ0n) is 18.1. The summed E-state index contributed by atoms with van der Waals surface area (Å²) >= 11 is 1.52. The SMILES string of the molecule is C/C(=C\c1csc(C)n1)[C@H]1CCCC(=O)O[C@@H](C)C(=O)/C=C/C(=O)O[C@@H](C)CC(=O)O1. The molecule has 0 N–H and O–H groups in total. The lowest BCUT2D eigenvalue weighted by atomic mass is 10.0. The van der Waals surface area contributed by atoms with Crippen molar-refractivity contribution in [3.05, 3.63) is 33.8 Å². The topological polar surface area (TPSA) is 109 Å². The van der Waals surface area contributed by atoms with E-state index in [-0.39, 0.29) is 12.8 Å². The number of hydrogen-bond donors (Lipinski definition) is 0. The van der Waals surface area contributed by atoms with Gasteiger partial charge in [0.25, 0.3) is 0 Å². The van der Waals surface area contributed by atoms with E-state index in [1.54, 1.807) is 6.92 Å². The van der Waals surface area contributed by atoms with Gasteiger partial charge in [0.2, 0.25) is 0 Å². The Balaban J connectivity index is 2.18. The van der Waals surface area contributed by atoms with Crippen molar-refractivity contribution in [1.82, 2.24) is 4.98 Å². The molecule has 0 radical (unpaired) electrons. The smallest absolute Gasteiger partial charge is 0.331 e. The maximum Gasteiger partial charge on any atom is 0.331 e. The molecule has 0 saturated carbocycles. The Labute approximate surface area is 185 Å². The fourth-order valence-electron chi connectivity index (χ4n) is 2.90. The lowest BCUT2D eigenvalue weighted by Gasteiger charge is -2.20. The number of ketones is 1. The van der Waals surface area contributed by atoms with Crippen LogP contribution in [0, 0.1) is 6.92 Å². The standard InChI is InChI=1S/C22H27NO7S/c1-13(10-17-12-31-16(4)23-17)19-6-5-7-20(25)29-15(3)18(24)8-9-21(26)28-14(2)11-22(27)30-19/h8-10,12,14-15,19H,5-7,11H2,1-4H3/b9-8+,13-10+/t14-,15-,19+/m0/s1. The minimum absolute atomic E-state index is 0.0664. The molecule has 0 aliphatic carbocycles. The van der Waals surface area contributed by atoms with Gasteiger partial charge in [-0.2, -0.15) is 0 Å². The summed E-state index contributed by atoms with van der Waals surface area (Å²) in [4.78, 5) is 52.7. The molecule has 1 aliphatic rings. The van der Waals surface area contributed by atoms with E-state index in [2.05, 4.69) is 4.98 Å². The Bertz CT molecular complexity index is 886. The van der Waals surface area contributed by atoms with Gasteiger partial charge in [0.1, 0.15) is 12.2 Å². The summed E-state index contributed by atoms with van der Waals surface area (Å²) in [6, 6.07) is 0. The largest absolute Gasteiger partial charge is 0.459 e. The molecule has 1 aromatic rings. The second-order valence-corrected chi connectivity index (χ2v) is 8.43. The quantitative estimate of drug-likeness (QED) is 0.500. The Morgan fingerprint density at radius 2 is 1.84 bits per heavy atom. The number of esters is 3. The number of nitrogens with zero attached hydrogens (tertiary/aromatic N) is 1. The fourth-order valence-corrected chi connectivity index (χ4v) is 3.47. The molecule has 9 heteroatoms. The van der Waals surface area contributed by atoms with Gasteiger partial charge in [-0.1, -0.05) is 0 Å². The second kappa shape index (κ2) is 11.5. The molecular weight excluding hydrogens is 422 g/mol. The van der Waals surface area contributed by atoms with Crippen LogP contribution in [-0.2, 0) is 33.4 Å². The molecule has 0 saturated heterocycles. The molecule has 31 heavy (non-hydrogen) atoms. The molecule has 2 heterocycles. The highest BCUT2D eigenvalue weighted by atomic mass is 32.1. The predicted octanol–water partition coefficient (Wildman–Crippen LogP) is 3.33. The van der Waals surface area contributed by atoms with E-state index < -0.39 is 42.0 Å². The zero-order valence-corrected chi connectivity index (χ0v) is 18.9. The summed E-state index contributed by atoms with van der Waals surface area (Å²) in [6.45, 7) is 6.74. The van der Waals surface area contributed by atoms with Gasteiger partial charge in [-0.3, -0.25) is 14.4 Å². The van der Waals surface area contributed by atoms with E-state index in [4.69, 9.17) is 14.2 Å². The van der Waals surface area contributed by atoms with Gasteiger partial charge in [-0.15, -0.1) is 11.3 Å². The summed E-state index contributed by atoms with van der Waals surface area (Å²) in [6.07, 6.45) is 2.21. The van der Waals surface area contributed by atoms with Crippen LogP contribution in [0.1, 0.15) is 57.2 Å². The maximum atomic E-state index is 12.4. The number of hydrogen-bond acceptors (Lipinski definition) is 9. The zero-order chi connectivity index (χ0) is 23.0. The molecule has 1 aromatic heterocycles. The lowest BCUT2D eigenvalue weighted by Crippen LogP contribution is -2.26. The lowest BCUT2D eigenvalue weighted by molar-refractivity contribution is -0.154. The van der Waals surface area contributed by atoms with Gasteiger partial charge in [-0.05, 0) is 58.3 Å². The first-order valence-corrected chi connectivity index (χ1v) is 10.9. The molecule has 0 spiro atoms.